The summed E-state index contributed by atoms with van der Waals surface area (Å²) in [6.07, 6.45) is 1.85. The Morgan fingerprint density at radius 1 is 1.06 bits per heavy atom. The van der Waals surface area contributed by atoms with Crippen molar-refractivity contribution in [3.63, 3.8) is 0 Å². The van der Waals surface area contributed by atoms with Crippen LogP contribution in [0.15, 0.2) is 27.5 Å². The summed E-state index contributed by atoms with van der Waals surface area (Å²) in [5.74, 6) is -0.707. The van der Waals surface area contributed by atoms with Crippen LogP contribution in [-0.4, -0.2) is 95.0 Å². The lowest BCUT2D eigenvalue weighted by Gasteiger charge is -2.36. The number of furan rings is 1. The first-order valence-electron chi connectivity index (χ1n) is 12.3. The number of rotatable bonds is 7. The standard InChI is InChI=1S/C24H33N3O7S/c1-18-20-17-19(35(29,30)27-9-5-24(6-10-27)32-15-16-33-24)3-4-21(20)34-22(18)23(28)25-7-2-8-26-11-13-31-14-12-26/h3-4,17H,2,5-16H2,1H3,(H,25,28). The Morgan fingerprint density at radius 3 is 2.49 bits per heavy atom. The highest BCUT2D eigenvalue weighted by Crippen LogP contribution is 2.34. The van der Waals surface area contributed by atoms with Crippen LogP contribution in [-0.2, 0) is 24.2 Å². The number of piperidine rings is 1. The Balaban J connectivity index is 1.23. The van der Waals surface area contributed by atoms with Gasteiger partial charge in [-0.25, -0.2) is 8.42 Å². The molecule has 3 aliphatic rings. The normalized spacial score (nSPS) is 21.6. The van der Waals surface area contributed by atoms with Crippen molar-refractivity contribution in [2.45, 2.75) is 36.9 Å². The van der Waals surface area contributed by atoms with Crippen LogP contribution in [0.2, 0.25) is 0 Å². The average Bonchev–Trinajstić information content (AvgIpc) is 3.46. The third-order valence-corrected chi connectivity index (χ3v) is 8.98. The Hall–Kier alpha value is -2.02. The van der Waals surface area contributed by atoms with Crippen LogP contribution in [0.25, 0.3) is 11.0 Å². The Labute approximate surface area is 205 Å². The summed E-state index contributed by atoms with van der Waals surface area (Å²) in [7, 11) is -3.69. The lowest BCUT2D eigenvalue weighted by Crippen LogP contribution is -2.47. The van der Waals surface area contributed by atoms with Gasteiger partial charge in [0.2, 0.25) is 10.0 Å². The minimum absolute atomic E-state index is 0.190. The van der Waals surface area contributed by atoms with Gasteiger partial charge in [0.05, 0.1) is 31.3 Å². The fraction of sp³-hybridized carbons (Fsp3) is 0.625. The van der Waals surface area contributed by atoms with E-state index in [0.717, 1.165) is 39.3 Å². The summed E-state index contributed by atoms with van der Waals surface area (Å²) >= 11 is 0. The number of hydrogen-bond acceptors (Lipinski definition) is 8. The number of nitrogens with zero attached hydrogens (tertiary/aromatic N) is 2. The second kappa shape index (κ2) is 10.2. The first-order chi connectivity index (χ1) is 16.9. The molecule has 0 bridgehead atoms. The van der Waals surface area contributed by atoms with Gasteiger partial charge in [0.25, 0.3) is 5.91 Å². The third kappa shape index (κ3) is 5.11. The number of nitrogens with one attached hydrogen (secondary N) is 1. The number of sulfonamides is 1. The molecule has 1 spiro atoms. The molecule has 35 heavy (non-hydrogen) atoms. The smallest absolute Gasteiger partial charge is 0.287 e. The summed E-state index contributed by atoms with van der Waals surface area (Å²) in [5.41, 5.74) is 1.12. The highest BCUT2D eigenvalue weighted by atomic mass is 32.2. The maximum atomic E-state index is 13.3. The van der Waals surface area contributed by atoms with E-state index in [-0.39, 0.29) is 16.6 Å². The van der Waals surface area contributed by atoms with Gasteiger partial charge in [-0.3, -0.25) is 9.69 Å². The second-order valence-electron chi connectivity index (χ2n) is 9.29. The van der Waals surface area contributed by atoms with Crippen molar-refractivity contribution in [3.05, 3.63) is 29.5 Å². The third-order valence-electron chi connectivity index (χ3n) is 7.09. The second-order valence-corrected chi connectivity index (χ2v) is 11.2. The molecule has 3 fully saturated rings. The van der Waals surface area contributed by atoms with E-state index in [4.69, 9.17) is 18.6 Å². The van der Waals surface area contributed by atoms with Crippen LogP contribution < -0.4 is 5.32 Å². The van der Waals surface area contributed by atoms with Crippen molar-refractivity contribution >= 4 is 26.9 Å². The molecule has 192 valence electrons. The lowest BCUT2D eigenvalue weighted by molar-refractivity contribution is -0.179. The number of hydrogen-bond donors (Lipinski definition) is 1. The van der Waals surface area contributed by atoms with Crippen LogP contribution in [0.1, 0.15) is 35.4 Å². The van der Waals surface area contributed by atoms with Crippen LogP contribution in [0.3, 0.4) is 0 Å². The van der Waals surface area contributed by atoms with Gasteiger partial charge in [0, 0.05) is 56.5 Å². The number of benzene rings is 1. The van der Waals surface area contributed by atoms with Crippen molar-refractivity contribution in [3.8, 4) is 0 Å². The quantitative estimate of drug-likeness (QED) is 0.564. The first-order valence-corrected chi connectivity index (χ1v) is 13.7. The number of ether oxygens (including phenoxy) is 3. The number of amides is 1. The Morgan fingerprint density at radius 2 is 1.77 bits per heavy atom. The molecular weight excluding hydrogens is 474 g/mol. The molecule has 5 rings (SSSR count). The van der Waals surface area contributed by atoms with Gasteiger partial charge >= 0.3 is 0 Å². The number of aryl methyl sites for hydroxylation is 1. The first kappa shape index (κ1) is 24.7. The molecule has 11 heteroatoms. The molecule has 4 heterocycles. The van der Waals surface area contributed by atoms with Gasteiger partial charge in [-0.1, -0.05) is 0 Å². The number of morpholine rings is 1. The Bertz CT molecular complexity index is 1160. The van der Waals surface area contributed by atoms with Crippen molar-refractivity contribution < 1.29 is 31.8 Å². The summed E-state index contributed by atoms with van der Waals surface area (Å²) in [6.45, 7) is 8.34. The summed E-state index contributed by atoms with van der Waals surface area (Å²) in [4.78, 5) is 15.3. The van der Waals surface area contributed by atoms with E-state index in [1.807, 2.05) is 0 Å². The minimum atomic E-state index is -3.69. The van der Waals surface area contributed by atoms with Crippen molar-refractivity contribution in [1.29, 1.82) is 0 Å². The van der Waals surface area contributed by atoms with Crippen LogP contribution in [0, 0.1) is 6.92 Å². The molecule has 0 radical (unpaired) electrons. The predicted molar refractivity (Wildman–Crippen MR) is 128 cm³/mol. The average molecular weight is 508 g/mol. The van der Waals surface area contributed by atoms with Crippen LogP contribution in [0.5, 0.6) is 0 Å². The molecule has 1 N–H and O–H groups in total. The van der Waals surface area contributed by atoms with E-state index in [9.17, 15) is 13.2 Å². The fourth-order valence-electron chi connectivity index (χ4n) is 4.99. The fourth-order valence-corrected chi connectivity index (χ4v) is 6.46. The predicted octanol–water partition coefficient (Wildman–Crippen LogP) is 1.72. The van der Waals surface area contributed by atoms with Gasteiger partial charge in [0.1, 0.15) is 5.58 Å². The zero-order chi connectivity index (χ0) is 24.5. The molecule has 0 atom stereocenters. The maximum absolute atomic E-state index is 13.3. The van der Waals surface area contributed by atoms with Gasteiger partial charge in [-0.2, -0.15) is 4.31 Å². The molecule has 1 aromatic carbocycles. The topological polar surface area (TPSA) is 111 Å². The maximum Gasteiger partial charge on any atom is 0.287 e. The van der Waals surface area contributed by atoms with Gasteiger partial charge in [-0.15, -0.1) is 0 Å². The van der Waals surface area contributed by atoms with Crippen molar-refractivity contribution in [2.75, 3.05) is 65.7 Å². The van der Waals surface area contributed by atoms with Crippen molar-refractivity contribution in [2.24, 2.45) is 0 Å². The summed E-state index contributed by atoms with van der Waals surface area (Å²) in [6, 6.07) is 4.77. The van der Waals surface area contributed by atoms with Crippen molar-refractivity contribution in [1.82, 2.24) is 14.5 Å². The largest absolute Gasteiger partial charge is 0.451 e. The molecular formula is C24H33N3O7S. The number of carbonyl (C=O) groups is 1. The van der Waals surface area contributed by atoms with Crippen LogP contribution >= 0.6 is 0 Å². The zero-order valence-electron chi connectivity index (χ0n) is 20.1. The highest BCUT2D eigenvalue weighted by Gasteiger charge is 2.42. The van der Waals surface area contributed by atoms with E-state index in [1.54, 1.807) is 19.1 Å². The van der Waals surface area contributed by atoms with E-state index in [1.165, 1.54) is 10.4 Å². The molecule has 0 saturated carbocycles. The van der Waals surface area contributed by atoms with Gasteiger partial charge in [0.15, 0.2) is 11.5 Å². The molecule has 0 unspecified atom stereocenters. The molecule has 10 nitrogen and oxygen atoms in total. The summed E-state index contributed by atoms with van der Waals surface area (Å²) < 4.78 is 50.7. The van der Waals surface area contributed by atoms with Gasteiger partial charge in [-0.05, 0) is 38.1 Å². The zero-order valence-corrected chi connectivity index (χ0v) is 20.9. The molecule has 3 aliphatic heterocycles. The monoisotopic (exact) mass is 507 g/mol. The SMILES string of the molecule is Cc1c(C(=O)NCCCN2CCOCC2)oc2ccc(S(=O)(=O)N3CCC4(CC3)OCCO4)cc12. The van der Waals surface area contributed by atoms with Gasteiger partial charge < -0.3 is 23.9 Å². The summed E-state index contributed by atoms with van der Waals surface area (Å²) in [5, 5.41) is 3.55. The number of carbonyl (C=O) groups excluding carboxylic acids is 1. The van der Waals surface area contributed by atoms with E-state index < -0.39 is 15.8 Å². The molecule has 1 amide bonds. The molecule has 3 saturated heterocycles. The highest BCUT2D eigenvalue weighted by molar-refractivity contribution is 7.89. The lowest BCUT2D eigenvalue weighted by atomic mass is 10.1. The number of fused-ring (bicyclic) bond motifs is 1. The van der Waals surface area contributed by atoms with E-state index in [2.05, 4.69) is 10.2 Å². The van der Waals surface area contributed by atoms with E-state index in [0.29, 0.717) is 62.2 Å². The van der Waals surface area contributed by atoms with Crippen LogP contribution in [0.4, 0.5) is 0 Å². The molecule has 2 aromatic rings. The molecule has 0 aliphatic carbocycles. The van der Waals surface area contributed by atoms with E-state index >= 15 is 0 Å². The molecule has 1 aromatic heterocycles. The minimum Gasteiger partial charge on any atom is -0.451 e. The Kier molecular flexibility index (Phi) is 7.16.